The van der Waals surface area contributed by atoms with Crippen LogP contribution in [0.15, 0.2) is 39.6 Å². The molecule has 0 fully saturated rings. The number of ether oxygens (including phenoxy) is 1. The minimum Gasteiger partial charge on any atom is -0.490 e. The van der Waals surface area contributed by atoms with Gasteiger partial charge in [0, 0.05) is 24.3 Å². The first-order chi connectivity index (χ1) is 14.2. The van der Waals surface area contributed by atoms with Gasteiger partial charge in [0.2, 0.25) is 0 Å². The predicted molar refractivity (Wildman–Crippen MR) is 109 cm³/mol. The molecule has 1 aliphatic carbocycles. The second kappa shape index (κ2) is 7.29. The number of methoxy groups -OCH3 is 1. The Morgan fingerprint density at radius 3 is 2.70 bits per heavy atom. The van der Waals surface area contributed by atoms with Crippen LogP contribution in [0, 0.1) is 10.1 Å². The van der Waals surface area contributed by atoms with Crippen LogP contribution in [-0.4, -0.2) is 26.2 Å². The van der Waals surface area contributed by atoms with E-state index in [0.29, 0.717) is 41.6 Å². The van der Waals surface area contributed by atoms with E-state index in [1.165, 1.54) is 31.4 Å². The van der Waals surface area contributed by atoms with Crippen LogP contribution < -0.4 is 9.46 Å². The topological polar surface area (TPSA) is 129 Å². The molecule has 1 N–H and O–H groups in total. The van der Waals surface area contributed by atoms with Crippen molar-refractivity contribution in [1.82, 2.24) is 0 Å². The van der Waals surface area contributed by atoms with Crippen molar-refractivity contribution in [3.05, 3.63) is 56.8 Å². The highest BCUT2D eigenvalue weighted by Gasteiger charge is 2.27. The highest BCUT2D eigenvalue weighted by atomic mass is 35.5. The Kier molecular flexibility index (Phi) is 4.91. The number of carbonyl (C=O) groups is 1. The maximum atomic E-state index is 12.8. The molecule has 11 heteroatoms. The summed E-state index contributed by atoms with van der Waals surface area (Å²) in [5.74, 6) is 0.387. The van der Waals surface area contributed by atoms with Gasteiger partial charge < -0.3 is 9.15 Å². The minimum atomic E-state index is -4.18. The maximum absolute atomic E-state index is 12.8. The summed E-state index contributed by atoms with van der Waals surface area (Å²) < 4.78 is 38.6. The molecule has 1 aliphatic rings. The summed E-state index contributed by atoms with van der Waals surface area (Å²) in [6.45, 7) is 0. The Bertz CT molecular complexity index is 1310. The molecular weight excluding hydrogens is 436 g/mol. The highest BCUT2D eigenvalue weighted by molar-refractivity contribution is 7.92. The van der Waals surface area contributed by atoms with Gasteiger partial charge in [0.05, 0.1) is 33.2 Å². The summed E-state index contributed by atoms with van der Waals surface area (Å²) in [7, 11) is -2.93. The maximum Gasteiger partial charge on any atom is 0.312 e. The van der Waals surface area contributed by atoms with Crippen molar-refractivity contribution in [3.63, 3.8) is 0 Å². The van der Waals surface area contributed by atoms with E-state index >= 15 is 0 Å². The number of hydrogen-bond donors (Lipinski definition) is 1. The van der Waals surface area contributed by atoms with Crippen molar-refractivity contribution in [3.8, 4) is 5.75 Å². The zero-order valence-corrected chi connectivity index (χ0v) is 17.2. The monoisotopic (exact) mass is 450 g/mol. The van der Waals surface area contributed by atoms with E-state index in [2.05, 4.69) is 4.72 Å². The molecule has 4 rings (SSSR count). The van der Waals surface area contributed by atoms with Crippen molar-refractivity contribution in [2.75, 3.05) is 11.8 Å². The van der Waals surface area contributed by atoms with Gasteiger partial charge >= 0.3 is 5.69 Å². The molecule has 0 amide bonds. The van der Waals surface area contributed by atoms with Crippen molar-refractivity contribution >= 4 is 49.8 Å². The second-order valence-corrected chi connectivity index (χ2v) is 8.80. The summed E-state index contributed by atoms with van der Waals surface area (Å²) in [4.78, 5) is 22.5. The summed E-state index contributed by atoms with van der Waals surface area (Å²) in [5.41, 5.74) is 0.357. The summed E-state index contributed by atoms with van der Waals surface area (Å²) in [6, 6.07) is 6.14. The zero-order valence-electron chi connectivity index (χ0n) is 15.6. The van der Waals surface area contributed by atoms with E-state index in [-0.39, 0.29) is 27.1 Å². The Morgan fingerprint density at radius 2 is 2.00 bits per heavy atom. The van der Waals surface area contributed by atoms with Gasteiger partial charge in [-0.1, -0.05) is 11.6 Å². The first kappa shape index (κ1) is 20.2. The van der Waals surface area contributed by atoms with Crippen LogP contribution in [-0.2, 0) is 16.4 Å². The molecule has 0 radical (unpaired) electrons. The molecule has 0 saturated carbocycles. The fourth-order valence-corrected chi connectivity index (χ4v) is 4.79. The van der Waals surface area contributed by atoms with Crippen LogP contribution in [0.2, 0.25) is 5.02 Å². The molecule has 3 aromatic rings. The van der Waals surface area contributed by atoms with Gasteiger partial charge in [-0.25, -0.2) is 8.42 Å². The van der Waals surface area contributed by atoms with Gasteiger partial charge in [-0.3, -0.25) is 19.6 Å². The predicted octanol–water partition coefficient (Wildman–Crippen LogP) is 4.32. The second-order valence-electron chi connectivity index (χ2n) is 6.71. The Hall–Kier alpha value is -3.11. The summed E-state index contributed by atoms with van der Waals surface area (Å²) in [6.07, 6.45) is 1.66. The van der Waals surface area contributed by atoms with Crippen LogP contribution in [0.3, 0.4) is 0 Å². The normalized spacial score (nSPS) is 13.9. The molecule has 9 nitrogen and oxygen atoms in total. The number of benzene rings is 2. The number of halogens is 1. The standard InChI is InChI=1S/C19H15ClN2O7S/c1-28-16-6-5-11(9-14(16)22(24)25)30(26,27)21-10-7-12-18-15(23)3-2-4-17(18)29-19(12)13(20)8-10/h5-9,21H,2-4H2,1H3. The highest BCUT2D eigenvalue weighted by Crippen LogP contribution is 2.38. The number of nitro benzene ring substituents is 1. The third-order valence-corrected chi connectivity index (χ3v) is 6.47. The lowest BCUT2D eigenvalue weighted by Gasteiger charge is -2.10. The van der Waals surface area contributed by atoms with Gasteiger partial charge in [0.15, 0.2) is 17.1 Å². The van der Waals surface area contributed by atoms with Gasteiger partial charge in [-0.2, -0.15) is 0 Å². The molecular formula is C19H15ClN2O7S. The van der Waals surface area contributed by atoms with E-state index in [4.69, 9.17) is 20.8 Å². The number of sulfonamides is 1. The quantitative estimate of drug-likeness (QED) is 0.452. The zero-order chi connectivity index (χ0) is 21.6. The lowest BCUT2D eigenvalue weighted by molar-refractivity contribution is -0.386. The SMILES string of the molecule is COc1ccc(S(=O)(=O)Nc2cc(Cl)c3oc4c(c3c2)C(=O)CCC4)cc1[N+](=O)[O-]. The van der Waals surface area contributed by atoms with Gasteiger partial charge in [0.25, 0.3) is 10.0 Å². The van der Waals surface area contributed by atoms with Crippen molar-refractivity contribution in [2.24, 2.45) is 0 Å². The number of fused-ring (bicyclic) bond motifs is 3. The number of nitro groups is 1. The first-order valence-corrected chi connectivity index (χ1v) is 10.7. The third kappa shape index (κ3) is 3.37. The molecule has 1 aromatic heterocycles. The van der Waals surface area contributed by atoms with Crippen LogP contribution in [0.1, 0.15) is 29.0 Å². The number of aryl methyl sites for hydroxylation is 1. The van der Waals surface area contributed by atoms with Crippen LogP contribution in [0.4, 0.5) is 11.4 Å². The molecule has 2 aromatic carbocycles. The molecule has 0 unspecified atom stereocenters. The van der Waals surface area contributed by atoms with Gasteiger partial charge in [0.1, 0.15) is 5.76 Å². The molecule has 0 aliphatic heterocycles. The van der Waals surface area contributed by atoms with Crippen molar-refractivity contribution in [1.29, 1.82) is 0 Å². The largest absolute Gasteiger partial charge is 0.490 e. The molecule has 30 heavy (non-hydrogen) atoms. The number of ketones is 1. The van der Waals surface area contributed by atoms with Crippen LogP contribution in [0.5, 0.6) is 5.75 Å². The van der Waals surface area contributed by atoms with Crippen LogP contribution in [0.25, 0.3) is 11.0 Å². The molecule has 156 valence electrons. The molecule has 1 heterocycles. The fraction of sp³-hybridized carbons (Fsp3) is 0.211. The van der Waals surface area contributed by atoms with Gasteiger partial charge in [-0.15, -0.1) is 0 Å². The number of hydrogen-bond acceptors (Lipinski definition) is 7. The number of rotatable bonds is 5. The number of furan rings is 1. The molecule has 0 atom stereocenters. The number of nitrogens with zero attached hydrogens (tertiary/aromatic N) is 1. The average Bonchev–Trinajstić information content (AvgIpc) is 3.07. The molecule has 0 bridgehead atoms. The van der Waals surface area contributed by atoms with E-state index in [1.54, 1.807) is 0 Å². The lowest BCUT2D eigenvalue weighted by Crippen LogP contribution is -2.13. The molecule has 0 spiro atoms. The summed E-state index contributed by atoms with van der Waals surface area (Å²) >= 11 is 6.27. The minimum absolute atomic E-state index is 0.0630. The summed E-state index contributed by atoms with van der Waals surface area (Å²) in [5, 5.41) is 11.8. The van der Waals surface area contributed by atoms with E-state index < -0.39 is 20.6 Å². The number of carbonyl (C=O) groups excluding carboxylic acids is 1. The van der Waals surface area contributed by atoms with Gasteiger partial charge in [-0.05, 0) is 30.7 Å². The third-order valence-electron chi connectivity index (χ3n) is 4.81. The number of nitrogens with one attached hydrogen (secondary N) is 1. The number of anilines is 1. The Labute approximate surface area is 175 Å². The molecule has 0 saturated heterocycles. The first-order valence-electron chi connectivity index (χ1n) is 8.84. The van der Waals surface area contributed by atoms with Crippen LogP contribution >= 0.6 is 11.6 Å². The Balaban J connectivity index is 1.77. The fourth-order valence-electron chi connectivity index (χ4n) is 3.48. The lowest BCUT2D eigenvalue weighted by atomic mass is 9.94. The van der Waals surface area contributed by atoms with E-state index in [9.17, 15) is 23.3 Å². The number of Topliss-reactive ketones (excluding diaryl/α,β-unsaturated/α-hetero) is 1. The van der Waals surface area contributed by atoms with E-state index in [0.717, 1.165) is 6.07 Å². The smallest absolute Gasteiger partial charge is 0.312 e. The average molecular weight is 451 g/mol. The van der Waals surface area contributed by atoms with Crippen molar-refractivity contribution in [2.45, 2.75) is 24.2 Å². The van der Waals surface area contributed by atoms with Crippen molar-refractivity contribution < 1.29 is 27.3 Å². The van der Waals surface area contributed by atoms with E-state index in [1.807, 2.05) is 0 Å². The Morgan fingerprint density at radius 1 is 1.23 bits per heavy atom.